The summed E-state index contributed by atoms with van der Waals surface area (Å²) in [4.78, 5) is 23.9. The van der Waals surface area contributed by atoms with Gasteiger partial charge in [-0.1, -0.05) is 12.1 Å². The molecule has 132 valence electrons. The van der Waals surface area contributed by atoms with Gasteiger partial charge in [-0.15, -0.1) is 0 Å². The van der Waals surface area contributed by atoms with Gasteiger partial charge in [-0.2, -0.15) is 0 Å². The standard InChI is InChI=1S/C19H21NO5/c1-13-5-4-6-17(11-13)24-12-18(21)25-14(2)19(22)20-15-7-9-16(23-3)10-8-15/h4-11,14H,12H2,1-3H3,(H,20,22). The molecular weight excluding hydrogens is 322 g/mol. The van der Waals surface area contributed by atoms with E-state index in [0.29, 0.717) is 17.2 Å². The van der Waals surface area contributed by atoms with Crippen LogP contribution in [0.1, 0.15) is 12.5 Å². The zero-order valence-electron chi connectivity index (χ0n) is 14.4. The van der Waals surface area contributed by atoms with Crippen LogP contribution in [0.2, 0.25) is 0 Å². The maximum Gasteiger partial charge on any atom is 0.344 e. The zero-order chi connectivity index (χ0) is 18.2. The van der Waals surface area contributed by atoms with E-state index >= 15 is 0 Å². The molecule has 0 aromatic heterocycles. The molecule has 0 aliphatic heterocycles. The van der Waals surface area contributed by atoms with E-state index in [1.807, 2.05) is 25.1 Å². The average Bonchev–Trinajstić information content (AvgIpc) is 2.60. The molecule has 0 aliphatic carbocycles. The predicted octanol–water partition coefficient (Wildman–Crippen LogP) is 2.95. The van der Waals surface area contributed by atoms with Crippen molar-refractivity contribution in [3.63, 3.8) is 0 Å². The molecule has 1 N–H and O–H groups in total. The number of anilines is 1. The van der Waals surface area contributed by atoms with Crippen LogP contribution < -0.4 is 14.8 Å². The number of carbonyl (C=O) groups excluding carboxylic acids is 2. The van der Waals surface area contributed by atoms with Gasteiger partial charge < -0.3 is 19.5 Å². The smallest absolute Gasteiger partial charge is 0.344 e. The van der Waals surface area contributed by atoms with Crippen molar-refractivity contribution in [3.05, 3.63) is 54.1 Å². The summed E-state index contributed by atoms with van der Waals surface area (Å²) in [6.07, 6.45) is -0.935. The van der Waals surface area contributed by atoms with Crippen LogP contribution in [-0.4, -0.2) is 31.7 Å². The largest absolute Gasteiger partial charge is 0.497 e. The lowest BCUT2D eigenvalue weighted by Gasteiger charge is -2.14. The predicted molar refractivity (Wildman–Crippen MR) is 93.9 cm³/mol. The molecule has 1 atom stereocenters. The first-order chi connectivity index (χ1) is 12.0. The molecule has 0 radical (unpaired) electrons. The van der Waals surface area contributed by atoms with Crippen LogP contribution in [0.3, 0.4) is 0 Å². The first-order valence-electron chi connectivity index (χ1n) is 7.82. The first-order valence-corrected chi connectivity index (χ1v) is 7.82. The van der Waals surface area contributed by atoms with Gasteiger partial charge in [0.2, 0.25) is 0 Å². The van der Waals surface area contributed by atoms with Crippen LogP contribution >= 0.6 is 0 Å². The van der Waals surface area contributed by atoms with Gasteiger partial charge in [0, 0.05) is 5.69 Å². The minimum atomic E-state index is -0.935. The summed E-state index contributed by atoms with van der Waals surface area (Å²) in [5, 5.41) is 2.67. The molecule has 6 heteroatoms. The molecule has 2 aromatic rings. The summed E-state index contributed by atoms with van der Waals surface area (Å²) in [7, 11) is 1.56. The van der Waals surface area contributed by atoms with E-state index in [4.69, 9.17) is 14.2 Å². The Labute approximate surface area is 146 Å². The fourth-order valence-electron chi connectivity index (χ4n) is 2.05. The topological polar surface area (TPSA) is 73.9 Å². The number of rotatable bonds is 7. The average molecular weight is 343 g/mol. The Morgan fingerprint density at radius 3 is 2.44 bits per heavy atom. The number of aryl methyl sites for hydroxylation is 1. The third-order valence-electron chi connectivity index (χ3n) is 3.38. The monoisotopic (exact) mass is 343 g/mol. The second kappa shape index (κ2) is 8.73. The molecule has 25 heavy (non-hydrogen) atoms. The maximum absolute atomic E-state index is 12.1. The van der Waals surface area contributed by atoms with Gasteiger partial charge in [-0.3, -0.25) is 4.79 Å². The highest BCUT2D eigenvalue weighted by molar-refractivity contribution is 5.95. The molecule has 2 rings (SSSR count). The highest BCUT2D eigenvalue weighted by Gasteiger charge is 2.18. The van der Waals surface area contributed by atoms with Crippen LogP contribution in [0, 0.1) is 6.92 Å². The number of hydrogen-bond acceptors (Lipinski definition) is 5. The third kappa shape index (κ3) is 5.84. The summed E-state index contributed by atoms with van der Waals surface area (Å²) in [6, 6.07) is 14.2. The Balaban J connectivity index is 1.80. The second-order valence-corrected chi connectivity index (χ2v) is 5.46. The Hall–Kier alpha value is -3.02. The van der Waals surface area contributed by atoms with Crippen molar-refractivity contribution in [1.82, 2.24) is 0 Å². The number of nitrogens with one attached hydrogen (secondary N) is 1. The van der Waals surface area contributed by atoms with Crippen LogP contribution in [0.15, 0.2) is 48.5 Å². The summed E-state index contributed by atoms with van der Waals surface area (Å²) >= 11 is 0. The highest BCUT2D eigenvalue weighted by Crippen LogP contribution is 2.15. The van der Waals surface area contributed by atoms with E-state index in [1.165, 1.54) is 6.92 Å². The normalized spacial score (nSPS) is 11.3. The summed E-state index contributed by atoms with van der Waals surface area (Å²) in [5.41, 5.74) is 1.61. The van der Waals surface area contributed by atoms with E-state index in [0.717, 1.165) is 5.56 Å². The van der Waals surface area contributed by atoms with Gasteiger partial charge in [0.05, 0.1) is 7.11 Å². The quantitative estimate of drug-likeness (QED) is 0.783. The number of methoxy groups -OCH3 is 1. The van der Waals surface area contributed by atoms with Crippen molar-refractivity contribution >= 4 is 17.6 Å². The summed E-state index contributed by atoms with van der Waals surface area (Å²) in [5.74, 6) is 0.228. The molecule has 0 saturated heterocycles. The number of esters is 1. The Morgan fingerprint density at radius 1 is 1.08 bits per heavy atom. The molecule has 6 nitrogen and oxygen atoms in total. The van der Waals surface area contributed by atoms with Crippen LogP contribution in [0.4, 0.5) is 5.69 Å². The molecule has 0 aliphatic rings. The minimum absolute atomic E-state index is 0.260. The molecule has 0 bridgehead atoms. The van der Waals surface area contributed by atoms with Crippen molar-refractivity contribution in [2.24, 2.45) is 0 Å². The number of hydrogen-bond donors (Lipinski definition) is 1. The lowest BCUT2D eigenvalue weighted by atomic mass is 10.2. The molecule has 0 spiro atoms. The first kappa shape index (κ1) is 18.3. The van der Waals surface area contributed by atoms with E-state index in [-0.39, 0.29) is 6.61 Å². The van der Waals surface area contributed by atoms with Gasteiger partial charge in [0.1, 0.15) is 11.5 Å². The second-order valence-electron chi connectivity index (χ2n) is 5.46. The Morgan fingerprint density at radius 2 is 1.80 bits per heavy atom. The molecule has 1 amide bonds. The Kier molecular flexibility index (Phi) is 6.39. The zero-order valence-corrected chi connectivity index (χ0v) is 14.4. The fourth-order valence-corrected chi connectivity index (χ4v) is 2.05. The van der Waals surface area contributed by atoms with E-state index in [2.05, 4.69) is 5.32 Å². The number of carbonyl (C=O) groups is 2. The van der Waals surface area contributed by atoms with Crippen molar-refractivity contribution in [2.45, 2.75) is 20.0 Å². The molecule has 0 fully saturated rings. The van der Waals surface area contributed by atoms with Crippen molar-refractivity contribution < 1.29 is 23.8 Å². The van der Waals surface area contributed by atoms with Crippen molar-refractivity contribution in [1.29, 1.82) is 0 Å². The van der Waals surface area contributed by atoms with Crippen molar-refractivity contribution in [3.8, 4) is 11.5 Å². The highest BCUT2D eigenvalue weighted by atomic mass is 16.6. The number of benzene rings is 2. The van der Waals surface area contributed by atoms with E-state index < -0.39 is 18.0 Å². The number of amides is 1. The molecule has 0 heterocycles. The molecule has 0 saturated carbocycles. The Bertz CT molecular complexity index is 727. The van der Waals surface area contributed by atoms with Crippen LogP contribution in [0.5, 0.6) is 11.5 Å². The third-order valence-corrected chi connectivity index (χ3v) is 3.38. The summed E-state index contributed by atoms with van der Waals surface area (Å²) in [6.45, 7) is 3.17. The maximum atomic E-state index is 12.1. The van der Waals surface area contributed by atoms with Crippen LogP contribution in [0.25, 0.3) is 0 Å². The number of ether oxygens (including phenoxy) is 3. The van der Waals surface area contributed by atoms with Gasteiger partial charge in [0.25, 0.3) is 5.91 Å². The fraction of sp³-hybridized carbons (Fsp3) is 0.263. The van der Waals surface area contributed by atoms with Gasteiger partial charge in [0.15, 0.2) is 12.7 Å². The molecule has 2 aromatic carbocycles. The van der Waals surface area contributed by atoms with Crippen LogP contribution in [-0.2, 0) is 14.3 Å². The SMILES string of the molecule is COc1ccc(NC(=O)C(C)OC(=O)COc2cccc(C)c2)cc1. The van der Waals surface area contributed by atoms with Crippen molar-refractivity contribution in [2.75, 3.05) is 19.0 Å². The molecule has 1 unspecified atom stereocenters. The lowest BCUT2D eigenvalue weighted by Crippen LogP contribution is -2.31. The van der Waals surface area contributed by atoms with E-state index in [1.54, 1.807) is 37.4 Å². The van der Waals surface area contributed by atoms with Gasteiger partial charge in [-0.05, 0) is 55.8 Å². The van der Waals surface area contributed by atoms with Gasteiger partial charge in [-0.25, -0.2) is 4.79 Å². The molecular formula is C19H21NO5. The van der Waals surface area contributed by atoms with E-state index in [9.17, 15) is 9.59 Å². The lowest BCUT2D eigenvalue weighted by molar-refractivity contribution is -0.155. The van der Waals surface area contributed by atoms with Gasteiger partial charge >= 0.3 is 5.97 Å². The summed E-state index contributed by atoms with van der Waals surface area (Å²) < 4.78 is 15.5. The minimum Gasteiger partial charge on any atom is -0.497 e.